The van der Waals surface area contributed by atoms with Gasteiger partial charge in [0.05, 0.1) is 6.61 Å². The van der Waals surface area contributed by atoms with E-state index < -0.39 is 0 Å². The van der Waals surface area contributed by atoms with E-state index in [1.807, 2.05) is 0 Å². The summed E-state index contributed by atoms with van der Waals surface area (Å²) in [6, 6.07) is 0. The van der Waals surface area contributed by atoms with Crippen molar-refractivity contribution < 1.29 is 4.84 Å². The van der Waals surface area contributed by atoms with Crippen LogP contribution in [0.15, 0.2) is 0 Å². The molecule has 0 radical (unpaired) electrons. The molecular formula is C7H17N3O. The van der Waals surface area contributed by atoms with Crippen LogP contribution in [-0.4, -0.2) is 51.3 Å². The topological polar surface area (TPSA) is 36.5 Å². The lowest BCUT2D eigenvalue weighted by Gasteiger charge is -2.26. The fourth-order valence-corrected chi connectivity index (χ4v) is 1.21. The summed E-state index contributed by atoms with van der Waals surface area (Å²) in [5, 5.41) is 3.31. The molecule has 0 aliphatic carbocycles. The Bertz CT molecular complexity index is 93.7. The molecule has 11 heavy (non-hydrogen) atoms. The SMILES string of the molecule is CNOCCN1CCNCC1. The van der Waals surface area contributed by atoms with Crippen LogP contribution in [-0.2, 0) is 4.84 Å². The Hall–Kier alpha value is -0.160. The van der Waals surface area contributed by atoms with Crippen LogP contribution in [0.4, 0.5) is 0 Å². The summed E-state index contributed by atoms with van der Waals surface area (Å²) in [6.07, 6.45) is 0. The summed E-state index contributed by atoms with van der Waals surface area (Å²) in [5.74, 6) is 0. The Morgan fingerprint density at radius 1 is 1.45 bits per heavy atom. The highest BCUT2D eigenvalue weighted by Crippen LogP contribution is 1.90. The smallest absolute Gasteiger partial charge is 0.0809 e. The third-order valence-corrected chi connectivity index (χ3v) is 1.86. The van der Waals surface area contributed by atoms with Gasteiger partial charge < -0.3 is 10.2 Å². The number of nitrogens with one attached hydrogen (secondary N) is 2. The normalized spacial score (nSPS) is 20.5. The Morgan fingerprint density at radius 3 is 2.82 bits per heavy atom. The third-order valence-electron chi connectivity index (χ3n) is 1.86. The lowest BCUT2D eigenvalue weighted by molar-refractivity contribution is 0.0385. The van der Waals surface area contributed by atoms with Gasteiger partial charge in [0.1, 0.15) is 0 Å². The highest BCUT2D eigenvalue weighted by Gasteiger charge is 2.07. The first-order valence-electron chi connectivity index (χ1n) is 4.15. The highest BCUT2D eigenvalue weighted by molar-refractivity contribution is 4.66. The number of hydroxylamine groups is 1. The maximum Gasteiger partial charge on any atom is 0.0809 e. The van der Waals surface area contributed by atoms with Gasteiger partial charge in [-0.2, -0.15) is 0 Å². The van der Waals surface area contributed by atoms with Gasteiger partial charge >= 0.3 is 0 Å². The van der Waals surface area contributed by atoms with Crippen LogP contribution < -0.4 is 10.8 Å². The molecule has 0 aromatic rings. The lowest BCUT2D eigenvalue weighted by Crippen LogP contribution is -2.44. The standard InChI is InChI=1S/C7H17N3O/c1-8-11-7-6-10-4-2-9-3-5-10/h8-9H,2-7H2,1H3. The minimum Gasteiger partial charge on any atom is -0.314 e. The fourth-order valence-electron chi connectivity index (χ4n) is 1.21. The van der Waals surface area contributed by atoms with Crippen LogP contribution in [0.25, 0.3) is 0 Å². The first-order valence-corrected chi connectivity index (χ1v) is 4.15. The molecule has 4 heteroatoms. The van der Waals surface area contributed by atoms with Gasteiger partial charge in [-0.05, 0) is 0 Å². The molecule has 66 valence electrons. The van der Waals surface area contributed by atoms with Crippen molar-refractivity contribution in [2.75, 3.05) is 46.4 Å². The lowest BCUT2D eigenvalue weighted by atomic mass is 10.4. The van der Waals surface area contributed by atoms with Crippen LogP contribution in [0.2, 0.25) is 0 Å². The minimum absolute atomic E-state index is 0.774. The van der Waals surface area contributed by atoms with Gasteiger partial charge in [0.2, 0.25) is 0 Å². The Morgan fingerprint density at radius 2 is 2.18 bits per heavy atom. The number of rotatable bonds is 4. The summed E-state index contributed by atoms with van der Waals surface area (Å²) in [6.45, 7) is 6.32. The van der Waals surface area contributed by atoms with Crippen molar-refractivity contribution in [2.45, 2.75) is 0 Å². The monoisotopic (exact) mass is 159 g/mol. The van der Waals surface area contributed by atoms with Crippen molar-refractivity contribution in [2.24, 2.45) is 0 Å². The Balaban J connectivity index is 1.96. The van der Waals surface area contributed by atoms with E-state index in [1.165, 1.54) is 0 Å². The molecule has 0 spiro atoms. The van der Waals surface area contributed by atoms with Gasteiger partial charge in [-0.15, -0.1) is 0 Å². The van der Waals surface area contributed by atoms with Crippen LogP contribution in [0, 0.1) is 0 Å². The molecule has 0 aromatic carbocycles. The predicted octanol–water partition coefficient (Wildman–Crippen LogP) is -0.957. The number of piperazine rings is 1. The molecule has 1 aliphatic heterocycles. The second-order valence-corrected chi connectivity index (χ2v) is 2.64. The van der Waals surface area contributed by atoms with Gasteiger partial charge in [-0.1, -0.05) is 0 Å². The predicted molar refractivity (Wildman–Crippen MR) is 44.3 cm³/mol. The van der Waals surface area contributed by atoms with Crippen molar-refractivity contribution >= 4 is 0 Å². The summed E-state index contributed by atoms with van der Waals surface area (Å²) in [5.41, 5.74) is 2.66. The molecule has 1 saturated heterocycles. The van der Waals surface area contributed by atoms with E-state index in [4.69, 9.17) is 4.84 Å². The van der Waals surface area contributed by atoms with Crippen molar-refractivity contribution in [3.63, 3.8) is 0 Å². The van der Waals surface area contributed by atoms with E-state index in [-0.39, 0.29) is 0 Å². The first-order chi connectivity index (χ1) is 5.43. The summed E-state index contributed by atoms with van der Waals surface area (Å²) in [4.78, 5) is 7.42. The average molecular weight is 159 g/mol. The van der Waals surface area contributed by atoms with Crippen molar-refractivity contribution in [3.8, 4) is 0 Å². The largest absolute Gasteiger partial charge is 0.314 e. The van der Waals surface area contributed by atoms with Crippen LogP contribution in [0.5, 0.6) is 0 Å². The van der Waals surface area contributed by atoms with E-state index in [2.05, 4.69) is 15.7 Å². The van der Waals surface area contributed by atoms with Crippen molar-refractivity contribution in [1.82, 2.24) is 15.7 Å². The van der Waals surface area contributed by atoms with Crippen LogP contribution >= 0.6 is 0 Å². The highest BCUT2D eigenvalue weighted by atomic mass is 16.6. The molecule has 1 heterocycles. The van der Waals surface area contributed by atoms with Gasteiger partial charge in [0, 0.05) is 39.8 Å². The molecule has 0 saturated carbocycles. The average Bonchev–Trinajstić information content (AvgIpc) is 2.07. The van der Waals surface area contributed by atoms with Crippen LogP contribution in [0.3, 0.4) is 0 Å². The molecule has 1 fully saturated rings. The van der Waals surface area contributed by atoms with Gasteiger partial charge in [0.15, 0.2) is 0 Å². The molecule has 0 atom stereocenters. The molecular weight excluding hydrogens is 142 g/mol. The number of hydrogen-bond donors (Lipinski definition) is 2. The quantitative estimate of drug-likeness (QED) is 0.409. The minimum atomic E-state index is 0.774. The fraction of sp³-hybridized carbons (Fsp3) is 1.00. The maximum atomic E-state index is 5.02. The Labute approximate surface area is 67.9 Å². The maximum absolute atomic E-state index is 5.02. The van der Waals surface area contributed by atoms with Crippen LogP contribution in [0.1, 0.15) is 0 Å². The summed E-state index contributed by atoms with van der Waals surface area (Å²) in [7, 11) is 1.79. The molecule has 0 amide bonds. The molecule has 4 nitrogen and oxygen atoms in total. The van der Waals surface area contributed by atoms with E-state index in [0.29, 0.717) is 0 Å². The van der Waals surface area contributed by atoms with Gasteiger partial charge in [-0.25, -0.2) is 5.48 Å². The zero-order valence-corrected chi connectivity index (χ0v) is 7.10. The molecule has 0 unspecified atom stereocenters. The Kier molecular flexibility index (Phi) is 4.45. The van der Waals surface area contributed by atoms with E-state index >= 15 is 0 Å². The van der Waals surface area contributed by atoms with E-state index in [1.54, 1.807) is 7.05 Å². The summed E-state index contributed by atoms with van der Waals surface area (Å²) < 4.78 is 0. The second kappa shape index (κ2) is 5.49. The van der Waals surface area contributed by atoms with E-state index in [0.717, 1.165) is 39.3 Å². The van der Waals surface area contributed by atoms with E-state index in [9.17, 15) is 0 Å². The molecule has 2 N–H and O–H groups in total. The summed E-state index contributed by atoms with van der Waals surface area (Å²) >= 11 is 0. The molecule has 0 bridgehead atoms. The zero-order chi connectivity index (χ0) is 7.94. The zero-order valence-electron chi connectivity index (χ0n) is 7.10. The second-order valence-electron chi connectivity index (χ2n) is 2.64. The van der Waals surface area contributed by atoms with Crippen molar-refractivity contribution in [3.05, 3.63) is 0 Å². The third kappa shape index (κ3) is 3.67. The molecule has 0 aromatic heterocycles. The van der Waals surface area contributed by atoms with Crippen molar-refractivity contribution in [1.29, 1.82) is 0 Å². The molecule has 1 rings (SSSR count). The van der Waals surface area contributed by atoms with Gasteiger partial charge in [0.25, 0.3) is 0 Å². The van der Waals surface area contributed by atoms with Gasteiger partial charge in [-0.3, -0.25) is 4.90 Å². The number of nitrogens with zero attached hydrogens (tertiary/aromatic N) is 1. The number of hydrogen-bond acceptors (Lipinski definition) is 4. The first kappa shape index (κ1) is 8.93. The molecule has 1 aliphatic rings.